The number of rotatable bonds is 4. The minimum absolute atomic E-state index is 0.141. The molecule has 0 spiro atoms. The van der Waals surface area contributed by atoms with E-state index in [0.29, 0.717) is 26.1 Å². The number of aryl methyl sites for hydroxylation is 1. The number of nitrogens with zero attached hydrogens (tertiary/aromatic N) is 2. The van der Waals surface area contributed by atoms with E-state index < -0.39 is 18.0 Å². The number of morpholine rings is 1. The molecule has 2 unspecified atom stereocenters. The van der Waals surface area contributed by atoms with Crippen LogP contribution in [0.4, 0.5) is 5.69 Å². The number of amides is 2. The van der Waals surface area contributed by atoms with Gasteiger partial charge in [0.25, 0.3) is 0 Å². The van der Waals surface area contributed by atoms with Crippen molar-refractivity contribution >= 4 is 23.5 Å². The van der Waals surface area contributed by atoms with Crippen molar-refractivity contribution in [2.45, 2.75) is 25.9 Å². The van der Waals surface area contributed by atoms with Crippen LogP contribution >= 0.6 is 0 Å². The van der Waals surface area contributed by atoms with Crippen LogP contribution in [0.15, 0.2) is 24.3 Å². The molecule has 1 aromatic carbocycles. The van der Waals surface area contributed by atoms with Gasteiger partial charge in [-0.05, 0) is 25.5 Å². The Hall–Kier alpha value is -2.41. The number of carboxylic acid groups (broad SMARTS) is 1. The second-order valence-corrected chi connectivity index (χ2v) is 6.54. The average molecular weight is 346 g/mol. The van der Waals surface area contributed by atoms with Crippen LogP contribution in [-0.2, 0) is 19.1 Å². The Labute approximate surface area is 146 Å². The Morgan fingerprint density at radius 3 is 2.64 bits per heavy atom. The van der Waals surface area contributed by atoms with Crippen molar-refractivity contribution in [2.24, 2.45) is 5.92 Å². The second kappa shape index (κ2) is 7.23. The zero-order valence-electron chi connectivity index (χ0n) is 14.2. The van der Waals surface area contributed by atoms with Crippen LogP contribution in [0.2, 0.25) is 0 Å². The molecule has 2 saturated heterocycles. The third-order valence-corrected chi connectivity index (χ3v) is 4.70. The number of hydrogen-bond donors (Lipinski definition) is 1. The van der Waals surface area contributed by atoms with E-state index in [2.05, 4.69) is 0 Å². The predicted molar refractivity (Wildman–Crippen MR) is 90.2 cm³/mol. The number of aliphatic carboxylic acids is 1. The van der Waals surface area contributed by atoms with Crippen LogP contribution in [-0.4, -0.2) is 60.1 Å². The van der Waals surface area contributed by atoms with E-state index in [-0.39, 0.29) is 24.8 Å². The van der Waals surface area contributed by atoms with Gasteiger partial charge >= 0.3 is 5.97 Å². The van der Waals surface area contributed by atoms with E-state index in [1.165, 1.54) is 0 Å². The van der Waals surface area contributed by atoms with E-state index in [1.807, 2.05) is 31.2 Å². The molecular formula is C18H22N2O5. The molecule has 2 heterocycles. The molecule has 2 aliphatic heterocycles. The molecule has 2 aliphatic rings. The number of carbonyl (C=O) groups excluding carboxylic acids is 2. The molecular weight excluding hydrogens is 324 g/mol. The summed E-state index contributed by atoms with van der Waals surface area (Å²) in [5, 5.41) is 8.88. The molecule has 2 fully saturated rings. The smallest absolute Gasteiger partial charge is 0.306 e. The highest BCUT2D eigenvalue weighted by atomic mass is 16.5. The van der Waals surface area contributed by atoms with Crippen LogP contribution in [0.3, 0.4) is 0 Å². The number of carboxylic acids is 1. The Bertz CT molecular complexity index is 673. The molecule has 0 aromatic heterocycles. The first-order valence-corrected chi connectivity index (χ1v) is 8.46. The average Bonchev–Trinajstić information content (AvgIpc) is 2.96. The fraction of sp³-hybridized carbons (Fsp3) is 0.500. The molecule has 2 amide bonds. The summed E-state index contributed by atoms with van der Waals surface area (Å²) in [4.78, 5) is 39.5. The van der Waals surface area contributed by atoms with Gasteiger partial charge in [0.2, 0.25) is 11.8 Å². The lowest BCUT2D eigenvalue weighted by Crippen LogP contribution is -2.49. The molecule has 3 rings (SSSR count). The molecule has 2 atom stereocenters. The van der Waals surface area contributed by atoms with Gasteiger partial charge in [-0.15, -0.1) is 0 Å². The molecule has 7 nitrogen and oxygen atoms in total. The first-order valence-electron chi connectivity index (χ1n) is 8.46. The summed E-state index contributed by atoms with van der Waals surface area (Å²) in [7, 11) is 0. The lowest BCUT2D eigenvalue weighted by molar-refractivity contribution is -0.151. The quantitative estimate of drug-likeness (QED) is 0.824. The molecule has 134 valence electrons. The van der Waals surface area contributed by atoms with Crippen LogP contribution < -0.4 is 4.90 Å². The summed E-state index contributed by atoms with van der Waals surface area (Å²) >= 11 is 0. The third-order valence-electron chi connectivity index (χ3n) is 4.70. The van der Waals surface area contributed by atoms with Crippen LogP contribution in [0.1, 0.15) is 18.4 Å². The van der Waals surface area contributed by atoms with Crippen molar-refractivity contribution < 1.29 is 24.2 Å². The molecule has 7 heteroatoms. The van der Waals surface area contributed by atoms with Gasteiger partial charge in [-0.25, -0.2) is 0 Å². The zero-order valence-corrected chi connectivity index (χ0v) is 14.2. The minimum atomic E-state index is -0.957. The Morgan fingerprint density at radius 2 is 1.96 bits per heavy atom. The number of benzene rings is 1. The summed E-state index contributed by atoms with van der Waals surface area (Å²) in [5.41, 5.74) is 1.91. The van der Waals surface area contributed by atoms with Crippen molar-refractivity contribution in [1.82, 2.24) is 4.90 Å². The van der Waals surface area contributed by atoms with Crippen molar-refractivity contribution in [3.8, 4) is 0 Å². The summed E-state index contributed by atoms with van der Waals surface area (Å²) in [6.07, 6.45) is -0.176. The molecule has 0 saturated carbocycles. The standard InChI is InChI=1S/C18H22N2O5/c1-12-2-4-13(5-3-12)20-7-6-15(18(20)24)17(23)19-8-9-25-14(11-19)10-16(21)22/h2-5,14-15H,6-11H2,1H3,(H,21,22). The number of anilines is 1. The molecule has 0 aliphatic carbocycles. The number of carbonyl (C=O) groups is 3. The molecule has 1 N–H and O–H groups in total. The van der Waals surface area contributed by atoms with Gasteiger partial charge < -0.3 is 19.6 Å². The molecule has 1 aromatic rings. The number of ether oxygens (including phenoxy) is 1. The van der Waals surface area contributed by atoms with E-state index in [4.69, 9.17) is 9.84 Å². The summed E-state index contributed by atoms with van der Waals surface area (Å²) in [6, 6.07) is 7.65. The summed E-state index contributed by atoms with van der Waals surface area (Å²) in [5.74, 6) is -2.06. The second-order valence-electron chi connectivity index (χ2n) is 6.54. The first-order chi connectivity index (χ1) is 12.0. The van der Waals surface area contributed by atoms with Crippen molar-refractivity contribution in [3.63, 3.8) is 0 Å². The Kier molecular flexibility index (Phi) is 5.03. The normalized spacial score (nSPS) is 23.8. The highest BCUT2D eigenvalue weighted by Gasteiger charge is 2.40. The highest BCUT2D eigenvalue weighted by Crippen LogP contribution is 2.27. The van der Waals surface area contributed by atoms with E-state index in [0.717, 1.165) is 11.3 Å². The van der Waals surface area contributed by atoms with Gasteiger partial charge in [-0.1, -0.05) is 17.7 Å². The van der Waals surface area contributed by atoms with E-state index in [1.54, 1.807) is 9.80 Å². The third kappa shape index (κ3) is 3.82. The summed E-state index contributed by atoms with van der Waals surface area (Å²) < 4.78 is 5.39. The highest BCUT2D eigenvalue weighted by molar-refractivity contribution is 6.09. The van der Waals surface area contributed by atoms with Crippen molar-refractivity contribution in [2.75, 3.05) is 31.1 Å². The fourth-order valence-corrected chi connectivity index (χ4v) is 3.35. The fourth-order valence-electron chi connectivity index (χ4n) is 3.35. The SMILES string of the molecule is Cc1ccc(N2CCC(C(=O)N3CCOC(CC(=O)O)C3)C2=O)cc1. The van der Waals surface area contributed by atoms with Crippen molar-refractivity contribution in [3.05, 3.63) is 29.8 Å². The largest absolute Gasteiger partial charge is 0.481 e. The Balaban J connectivity index is 1.65. The van der Waals surface area contributed by atoms with Gasteiger partial charge in [-0.2, -0.15) is 0 Å². The maximum Gasteiger partial charge on any atom is 0.306 e. The first kappa shape index (κ1) is 17.4. The molecule has 0 radical (unpaired) electrons. The molecule has 25 heavy (non-hydrogen) atoms. The van der Waals surface area contributed by atoms with Gasteiger partial charge in [0, 0.05) is 25.3 Å². The van der Waals surface area contributed by atoms with Crippen LogP contribution in [0.5, 0.6) is 0 Å². The Morgan fingerprint density at radius 1 is 1.24 bits per heavy atom. The van der Waals surface area contributed by atoms with Gasteiger partial charge in [0.05, 0.1) is 19.1 Å². The van der Waals surface area contributed by atoms with Crippen molar-refractivity contribution in [1.29, 1.82) is 0 Å². The van der Waals surface area contributed by atoms with E-state index >= 15 is 0 Å². The maximum absolute atomic E-state index is 12.7. The van der Waals surface area contributed by atoms with Crippen LogP contribution in [0, 0.1) is 12.8 Å². The van der Waals surface area contributed by atoms with Gasteiger partial charge in [0.15, 0.2) is 0 Å². The number of hydrogen-bond acceptors (Lipinski definition) is 4. The maximum atomic E-state index is 12.7. The topological polar surface area (TPSA) is 87.2 Å². The zero-order chi connectivity index (χ0) is 18.0. The summed E-state index contributed by atoms with van der Waals surface area (Å²) in [6.45, 7) is 3.41. The van der Waals surface area contributed by atoms with E-state index in [9.17, 15) is 14.4 Å². The van der Waals surface area contributed by atoms with Gasteiger partial charge in [0.1, 0.15) is 5.92 Å². The lowest BCUT2D eigenvalue weighted by Gasteiger charge is -2.33. The monoisotopic (exact) mass is 346 g/mol. The molecule has 0 bridgehead atoms. The van der Waals surface area contributed by atoms with Crippen LogP contribution in [0.25, 0.3) is 0 Å². The predicted octanol–water partition coefficient (Wildman–Crippen LogP) is 1.05. The van der Waals surface area contributed by atoms with Gasteiger partial charge in [-0.3, -0.25) is 14.4 Å². The minimum Gasteiger partial charge on any atom is -0.481 e. The lowest BCUT2D eigenvalue weighted by atomic mass is 10.1.